The molecule has 1 atom stereocenters. The number of nitrogens with one attached hydrogen (secondary N) is 1. The molecule has 1 fully saturated rings. The molecule has 132 valence electrons. The molecule has 4 nitrogen and oxygen atoms in total. The second-order valence-electron chi connectivity index (χ2n) is 6.23. The number of fused-ring (bicyclic) bond motifs is 1. The van der Waals surface area contributed by atoms with Crippen LogP contribution < -0.4 is 10.1 Å². The molecule has 0 spiro atoms. The van der Waals surface area contributed by atoms with Crippen LogP contribution in [-0.4, -0.2) is 44.4 Å². The minimum absolute atomic E-state index is 0.242. The summed E-state index contributed by atoms with van der Waals surface area (Å²) in [4.78, 5) is 1.47. The molecule has 1 aliphatic heterocycles. The molecular weight excluding hydrogens is 321 g/mol. The van der Waals surface area contributed by atoms with Gasteiger partial charge in [-0.15, -0.1) is 0 Å². The highest BCUT2D eigenvalue weighted by atomic mass is 19.4. The second-order valence-corrected chi connectivity index (χ2v) is 6.23. The van der Waals surface area contributed by atoms with Crippen molar-refractivity contribution in [2.75, 3.05) is 33.3 Å². The van der Waals surface area contributed by atoms with Crippen molar-refractivity contribution in [3.63, 3.8) is 0 Å². The number of hydrogen-bond acceptors (Lipinski definition) is 4. The van der Waals surface area contributed by atoms with Gasteiger partial charge in [-0.2, -0.15) is 13.2 Å². The third-order valence-corrected chi connectivity index (χ3v) is 4.28. The third-order valence-electron chi connectivity index (χ3n) is 4.28. The maximum atomic E-state index is 12.4. The number of halogens is 3. The summed E-state index contributed by atoms with van der Waals surface area (Å²) in [5.74, 6) is 1.73. The number of benzene rings is 1. The average molecular weight is 342 g/mol. The van der Waals surface area contributed by atoms with E-state index in [1.807, 2.05) is 24.3 Å². The molecule has 0 bridgehead atoms. The van der Waals surface area contributed by atoms with Crippen LogP contribution in [0.1, 0.15) is 12.2 Å². The van der Waals surface area contributed by atoms with E-state index < -0.39 is 12.7 Å². The van der Waals surface area contributed by atoms with Crippen molar-refractivity contribution in [2.45, 2.75) is 19.1 Å². The van der Waals surface area contributed by atoms with Crippen molar-refractivity contribution in [3.05, 3.63) is 30.0 Å². The van der Waals surface area contributed by atoms with Crippen LogP contribution in [0.5, 0.6) is 5.75 Å². The molecule has 1 aromatic carbocycles. The summed E-state index contributed by atoms with van der Waals surface area (Å²) < 4.78 is 48.2. The van der Waals surface area contributed by atoms with E-state index in [4.69, 9.17) is 9.15 Å². The Kier molecular flexibility index (Phi) is 5.01. The molecule has 7 heteroatoms. The Morgan fingerprint density at radius 2 is 2.21 bits per heavy atom. The number of rotatable bonds is 6. The minimum atomic E-state index is -4.12. The number of likely N-dealkylation sites (tertiary alicyclic amines) is 1. The molecular formula is C17H21F3N2O2. The first-order valence-electron chi connectivity index (χ1n) is 8.00. The summed E-state index contributed by atoms with van der Waals surface area (Å²) in [7, 11) is 1.60. The molecule has 3 rings (SSSR count). The predicted octanol–water partition coefficient (Wildman–Crippen LogP) is 3.42. The van der Waals surface area contributed by atoms with Gasteiger partial charge in [0, 0.05) is 11.9 Å². The highest BCUT2D eigenvalue weighted by Gasteiger charge is 2.34. The topological polar surface area (TPSA) is 37.6 Å². The molecule has 1 N–H and O–H groups in total. The second kappa shape index (κ2) is 7.03. The molecule has 24 heavy (non-hydrogen) atoms. The Morgan fingerprint density at radius 3 is 2.96 bits per heavy atom. The van der Waals surface area contributed by atoms with Gasteiger partial charge in [-0.1, -0.05) is 12.1 Å². The molecule has 1 aliphatic rings. The van der Waals surface area contributed by atoms with Crippen LogP contribution in [-0.2, 0) is 6.54 Å². The quantitative estimate of drug-likeness (QED) is 0.873. The number of ether oxygens (including phenoxy) is 1. The van der Waals surface area contributed by atoms with Crippen molar-refractivity contribution in [2.24, 2.45) is 5.92 Å². The monoisotopic (exact) mass is 342 g/mol. The van der Waals surface area contributed by atoms with Gasteiger partial charge < -0.3 is 14.5 Å². The maximum Gasteiger partial charge on any atom is 0.401 e. The van der Waals surface area contributed by atoms with Crippen molar-refractivity contribution < 1.29 is 22.3 Å². The first kappa shape index (κ1) is 17.1. The third kappa shape index (κ3) is 4.21. The van der Waals surface area contributed by atoms with Crippen molar-refractivity contribution in [3.8, 4) is 5.75 Å². The van der Waals surface area contributed by atoms with Gasteiger partial charge in [-0.25, -0.2) is 0 Å². The maximum absolute atomic E-state index is 12.4. The average Bonchev–Trinajstić information content (AvgIpc) is 3.11. The van der Waals surface area contributed by atoms with Gasteiger partial charge in [-0.05, 0) is 37.6 Å². The van der Waals surface area contributed by atoms with Gasteiger partial charge in [-0.3, -0.25) is 4.90 Å². The predicted molar refractivity (Wildman–Crippen MR) is 85.1 cm³/mol. The normalized spacial score (nSPS) is 19.2. The van der Waals surface area contributed by atoms with Crippen molar-refractivity contribution in [1.82, 2.24) is 10.2 Å². The van der Waals surface area contributed by atoms with Crippen LogP contribution in [0.2, 0.25) is 0 Å². The van der Waals surface area contributed by atoms with Crippen LogP contribution >= 0.6 is 0 Å². The Labute approximate surface area is 138 Å². The molecule has 2 aromatic rings. The van der Waals surface area contributed by atoms with E-state index in [9.17, 15) is 13.2 Å². The first-order chi connectivity index (χ1) is 11.4. The summed E-state index contributed by atoms with van der Waals surface area (Å²) in [6, 6.07) is 7.66. The Balaban J connectivity index is 1.49. The van der Waals surface area contributed by atoms with E-state index in [1.165, 1.54) is 4.90 Å². The lowest BCUT2D eigenvalue weighted by Gasteiger charge is -2.17. The van der Waals surface area contributed by atoms with Crippen LogP contribution in [0, 0.1) is 5.92 Å². The van der Waals surface area contributed by atoms with Crippen molar-refractivity contribution >= 4 is 11.0 Å². The summed E-state index contributed by atoms with van der Waals surface area (Å²) in [5, 5.41) is 4.26. The van der Waals surface area contributed by atoms with Gasteiger partial charge in [0.1, 0.15) is 5.76 Å². The number of hydrogen-bond donors (Lipinski definition) is 1. The van der Waals surface area contributed by atoms with E-state index >= 15 is 0 Å². The van der Waals surface area contributed by atoms with Crippen LogP contribution in [0.25, 0.3) is 11.0 Å². The highest BCUT2D eigenvalue weighted by Crippen LogP contribution is 2.28. The van der Waals surface area contributed by atoms with E-state index in [-0.39, 0.29) is 5.92 Å². The molecule has 0 amide bonds. The Bertz CT molecular complexity index is 684. The zero-order valence-electron chi connectivity index (χ0n) is 13.5. The summed E-state index contributed by atoms with van der Waals surface area (Å²) >= 11 is 0. The van der Waals surface area contributed by atoms with Crippen LogP contribution in [0.4, 0.5) is 13.2 Å². The van der Waals surface area contributed by atoms with E-state index in [1.54, 1.807) is 7.11 Å². The lowest BCUT2D eigenvalue weighted by molar-refractivity contribution is -0.143. The largest absolute Gasteiger partial charge is 0.493 e. The standard InChI is InChI=1S/C17H21F3N2O2/c1-23-15-4-2-3-13-7-14(24-16(13)15)9-21-8-12-5-6-22(10-12)11-17(18,19)20/h2-4,7,12,21H,5-6,8-11H2,1H3/t12-/m1/s1. The SMILES string of the molecule is COc1cccc2cc(CNC[C@H]3CCN(CC(F)(F)F)C3)oc12. The number of nitrogens with zero attached hydrogens (tertiary/aromatic N) is 1. The van der Waals surface area contributed by atoms with Gasteiger partial charge in [0.05, 0.1) is 20.2 Å². The lowest BCUT2D eigenvalue weighted by Crippen LogP contribution is -2.33. The van der Waals surface area contributed by atoms with Crippen LogP contribution in [0.15, 0.2) is 28.7 Å². The van der Waals surface area contributed by atoms with E-state index in [0.717, 1.165) is 17.6 Å². The highest BCUT2D eigenvalue weighted by molar-refractivity contribution is 5.83. The van der Waals surface area contributed by atoms with Gasteiger partial charge in [0.2, 0.25) is 0 Å². The zero-order valence-corrected chi connectivity index (χ0v) is 13.5. The summed E-state index contributed by atoms with van der Waals surface area (Å²) in [6.07, 6.45) is -3.33. The molecule has 1 aromatic heterocycles. The molecule has 0 radical (unpaired) electrons. The van der Waals surface area contributed by atoms with Crippen LogP contribution in [0.3, 0.4) is 0 Å². The fourth-order valence-corrected chi connectivity index (χ4v) is 3.21. The molecule has 0 unspecified atom stereocenters. The Morgan fingerprint density at radius 1 is 1.38 bits per heavy atom. The zero-order chi connectivity index (χ0) is 17.2. The smallest absolute Gasteiger partial charge is 0.401 e. The number of methoxy groups -OCH3 is 1. The molecule has 2 heterocycles. The van der Waals surface area contributed by atoms with Crippen molar-refractivity contribution in [1.29, 1.82) is 0 Å². The molecule has 0 saturated carbocycles. The fraction of sp³-hybridized carbons (Fsp3) is 0.529. The lowest BCUT2D eigenvalue weighted by atomic mass is 10.1. The van der Waals surface area contributed by atoms with Gasteiger partial charge in [0.25, 0.3) is 0 Å². The first-order valence-corrected chi connectivity index (χ1v) is 8.00. The number of furan rings is 1. The molecule has 1 saturated heterocycles. The van der Waals surface area contributed by atoms with Gasteiger partial charge >= 0.3 is 6.18 Å². The fourth-order valence-electron chi connectivity index (χ4n) is 3.21. The summed E-state index contributed by atoms with van der Waals surface area (Å²) in [5.41, 5.74) is 0.717. The minimum Gasteiger partial charge on any atom is -0.493 e. The van der Waals surface area contributed by atoms with E-state index in [0.29, 0.717) is 37.5 Å². The number of alkyl halides is 3. The summed E-state index contributed by atoms with van der Waals surface area (Å²) in [6.45, 7) is 1.41. The number of para-hydroxylation sites is 1. The Hall–Kier alpha value is -1.73. The molecule has 0 aliphatic carbocycles. The van der Waals surface area contributed by atoms with E-state index in [2.05, 4.69) is 5.32 Å². The van der Waals surface area contributed by atoms with Gasteiger partial charge in [0.15, 0.2) is 11.3 Å².